The number of halogens is 1. The standard InChI is InChI=1S/C10H11ClNS/c1-8-12(6-7-13-8)10-4-2-9(11)3-5-10/h2-5H,6-7H2,1H3/q+1. The molecule has 2 rings (SSSR count). The van der Waals surface area contributed by atoms with Gasteiger partial charge in [0.15, 0.2) is 6.54 Å². The number of rotatable bonds is 1. The molecule has 0 saturated carbocycles. The van der Waals surface area contributed by atoms with Crippen LogP contribution in [-0.2, 0) is 0 Å². The van der Waals surface area contributed by atoms with E-state index in [1.807, 2.05) is 23.9 Å². The third-order valence-corrected chi connectivity index (χ3v) is 3.42. The predicted octanol–water partition coefficient (Wildman–Crippen LogP) is 3.15. The Balaban J connectivity index is 2.36. The molecule has 1 heterocycles. The molecule has 0 N–H and O–H groups in total. The topological polar surface area (TPSA) is 3.01 Å². The maximum atomic E-state index is 5.82. The number of hydrogen-bond acceptors (Lipinski definition) is 1. The molecule has 0 aromatic heterocycles. The van der Waals surface area contributed by atoms with Crippen LogP contribution in [0.3, 0.4) is 0 Å². The molecule has 1 aliphatic heterocycles. The Kier molecular flexibility index (Phi) is 2.61. The molecule has 68 valence electrons. The molecule has 1 aliphatic rings. The Morgan fingerprint density at radius 3 is 2.54 bits per heavy atom. The second kappa shape index (κ2) is 3.72. The van der Waals surface area contributed by atoms with Gasteiger partial charge in [-0.15, -0.1) is 0 Å². The van der Waals surface area contributed by atoms with Gasteiger partial charge in [-0.1, -0.05) is 23.4 Å². The average molecular weight is 213 g/mol. The van der Waals surface area contributed by atoms with Gasteiger partial charge in [-0.05, 0) is 12.1 Å². The second-order valence-electron chi connectivity index (χ2n) is 3.00. The first-order chi connectivity index (χ1) is 6.27. The van der Waals surface area contributed by atoms with Gasteiger partial charge in [-0.3, -0.25) is 0 Å². The lowest BCUT2D eigenvalue weighted by Gasteiger charge is -1.97. The van der Waals surface area contributed by atoms with Gasteiger partial charge in [-0.2, -0.15) is 4.58 Å². The first kappa shape index (κ1) is 9.10. The fourth-order valence-electron chi connectivity index (χ4n) is 1.45. The van der Waals surface area contributed by atoms with Gasteiger partial charge in [0.1, 0.15) is 0 Å². The van der Waals surface area contributed by atoms with E-state index in [0.29, 0.717) is 0 Å². The molecule has 0 saturated heterocycles. The third kappa shape index (κ3) is 1.89. The van der Waals surface area contributed by atoms with Gasteiger partial charge in [0.2, 0.25) is 10.7 Å². The van der Waals surface area contributed by atoms with E-state index in [1.165, 1.54) is 16.5 Å². The van der Waals surface area contributed by atoms with Gasteiger partial charge in [0.25, 0.3) is 0 Å². The summed E-state index contributed by atoms with van der Waals surface area (Å²) in [5.74, 6) is 1.19. The summed E-state index contributed by atoms with van der Waals surface area (Å²) in [4.78, 5) is 0. The van der Waals surface area contributed by atoms with Crippen molar-refractivity contribution in [3.63, 3.8) is 0 Å². The molecule has 0 spiro atoms. The molecule has 0 fully saturated rings. The van der Waals surface area contributed by atoms with E-state index in [4.69, 9.17) is 11.6 Å². The Bertz CT molecular complexity index is 342. The van der Waals surface area contributed by atoms with Gasteiger partial charge in [0, 0.05) is 24.1 Å². The van der Waals surface area contributed by atoms with Crippen LogP contribution >= 0.6 is 23.4 Å². The van der Waals surface area contributed by atoms with Gasteiger partial charge in [0.05, 0.1) is 5.75 Å². The average Bonchev–Trinajstić information content (AvgIpc) is 2.53. The van der Waals surface area contributed by atoms with Gasteiger partial charge < -0.3 is 0 Å². The van der Waals surface area contributed by atoms with Gasteiger partial charge in [-0.25, -0.2) is 0 Å². The summed E-state index contributed by atoms with van der Waals surface area (Å²) < 4.78 is 2.32. The predicted molar refractivity (Wildman–Crippen MR) is 59.4 cm³/mol. The second-order valence-corrected chi connectivity index (χ2v) is 4.72. The number of benzene rings is 1. The van der Waals surface area contributed by atoms with Crippen LogP contribution in [0.25, 0.3) is 0 Å². The normalized spacial score (nSPS) is 16.8. The zero-order valence-corrected chi connectivity index (χ0v) is 9.03. The SMILES string of the molecule is CC1=[N+](c2ccc(Cl)cc2)CCS1. The Morgan fingerprint density at radius 2 is 2.00 bits per heavy atom. The van der Waals surface area contributed by atoms with Crippen molar-refractivity contribution in [1.29, 1.82) is 0 Å². The van der Waals surface area contributed by atoms with Crippen LogP contribution in [-0.4, -0.2) is 21.9 Å². The summed E-state index contributed by atoms with van der Waals surface area (Å²) in [6, 6.07) is 8.01. The lowest BCUT2D eigenvalue weighted by atomic mass is 10.3. The quantitative estimate of drug-likeness (QED) is 0.647. The van der Waals surface area contributed by atoms with Crippen LogP contribution < -0.4 is 0 Å². The summed E-state index contributed by atoms with van der Waals surface area (Å²) >= 11 is 7.74. The fraction of sp³-hybridized carbons (Fsp3) is 0.300. The maximum Gasteiger partial charge on any atom is 0.213 e. The minimum absolute atomic E-state index is 0.799. The van der Waals surface area contributed by atoms with Crippen molar-refractivity contribution in [3.8, 4) is 0 Å². The number of nitrogens with zero attached hydrogens (tertiary/aromatic N) is 1. The zero-order chi connectivity index (χ0) is 9.26. The minimum Gasteiger partial charge on any atom is -0.190 e. The summed E-state index contributed by atoms with van der Waals surface area (Å²) in [6.45, 7) is 3.27. The molecule has 13 heavy (non-hydrogen) atoms. The minimum atomic E-state index is 0.799. The zero-order valence-electron chi connectivity index (χ0n) is 7.46. The molecule has 1 nitrogen and oxygen atoms in total. The van der Waals surface area contributed by atoms with Crippen molar-refractivity contribution in [2.75, 3.05) is 12.3 Å². The highest BCUT2D eigenvalue weighted by molar-refractivity contribution is 8.13. The Morgan fingerprint density at radius 1 is 1.31 bits per heavy atom. The monoisotopic (exact) mass is 212 g/mol. The number of thioether (sulfide) groups is 1. The molecule has 0 atom stereocenters. The molecular formula is C10H11ClNS+. The van der Waals surface area contributed by atoms with E-state index in [1.54, 1.807) is 0 Å². The van der Waals surface area contributed by atoms with Crippen LogP contribution in [0.5, 0.6) is 0 Å². The van der Waals surface area contributed by atoms with Gasteiger partial charge >= 0.3 is 0 Å². The number of hydrogen-bond donors (Lipinski definition) is 0. The van der Waals surface area contributed by atoms with Crippen molar-refractivity contribution in [2.45, 2.75) is 6.92 Å². The summed E-state index contributed by atoms with van der Waals surface area (Å²) in [7, 11) is 0. The first-order valence-electron chi connectivity index (χ1n) is 4.27. The first-order valence-corrected chi connectivity index (χ1v) is 5.63. The molecule has 0 radical (unpaired) electrons. The van der Waals surface area contributed by atoms with Crippen LogP contribution in [0.2, 0.25) is 5.02 Å². The molecule has 0 bridgehead atoms. The van der Waals surface area contributed by atoms with Crippen LogP contribution in [0, 0.1) is 0 Å². The van der Waals surface area contributed by atoms with E-state index in [9.17, 15) is 0 Å². The highest BCUT2D eigenvalue weighted by Gasteiger charge is 2.20. The summed E-state index contributed by atoms with van der Waals surface area (Å²) in [5.41, 5.74) is 1.24. The van der Waals surface area contributed by atoms with E-state index in [-0.39, 0.29) is 0 Å². The molecule has 1 aromatic rings. The summed E-state index contributed by atoms with van der Waals surface area (Å²) in [5, 5.41) is 2.18. The van der Waals surface area contributed by atoms with Crippen molar-refractivity contribution < 1.29 is 4.58 Å². The molecule has 0 unspecified atom stereocenters. The van der Waals surface area contributed by atoms with E-state index in [2.05, 4.69) is 23.6 Å². The summed E-state index contributed by atoms with van der Waals surface area (Å²) in [6.07, 6.45) is 0. The molecule has 3 heteroatoms. The van der Waals surface area contributed by atoms with Crippen molar-refractivity contribution in [2.24, 2.45) is 0 Å². The van der Waals surface area contributed by atoms with E-state index < -0.39 is 0 Å². The highest BCUT2D eigenvalue weighted by atomic mass is 35.5. The molecule has 1 aromatic carbocycles. The smallest absolute Gasteiger partial charge is 0.190 e. The molecular weight excluding hydrogens is 202 g/mol. The highest BCUT2D eigenvalue weighted by Crippen LogP contribution is 2.22. The Hall–Kier alpha value is -0.470. The lowest BCUT2D eigenvalue weighted by Crippen LogP contribution is -2.06. The van der Waals surface area contributed by atoms with Crippen molar-refractivity contribution in [3.05, 3.63) is 29.3 Å². The Labute approximate surface area is 87.4 Å². The fourth-order valence-corrected chi connectivity index (χ4v) is 2.50. The van der Waals surface area contributed by atoms with Crippen LogP contribution in [0.1, 0.15) is 6.92 Å². The largest absolute Gasteiger partial charge is 0.213 e. The maximum absolute atomic E-state index is 5.82. The van der Waals surface area contributed by atoms with Crippen molar-refractivity contribution >= 4 is 34.1 Å². The van der Waals surface area contributed by atoms with Crippen LogP contribution in [0.4, 0.5) is 5.69 Å². The molecule has 0 amide bonds. The third-order valence-electron chi connectivity index (χ3n) is 2.14. The lowest BCUT2D eigenvalue weighted by molar-refractivity contribution is -0.428. The van der Waals surface area contributed by atoms with Crippen LogP contribution in [0.15, 0.2) is 24.3 Å². The molecule has 0 aliphatic carbocycles. The van der Waals surface area contributed by atoms with E-state index >= 15 is 0 Å². The van der Waals surface area contributed by atoms with Crippen molar-refractivity contribution in [1.82, 2.24) is 0 Å². The van der Waals surface area contributed by atoms with E-state index in [0.717, 1.165) is 11.6 Å².